The van der Waals surface area contributed by atoms with Crippen LogP contribution >= 0.6 is 0 Å². The van der Waals surface area contributed by atoms with Crippen LogP contribution in [0.1, 0.15) is 49.9 Å². The second kappa shape index (κ2) is 8.70. The van der Waals surface area contributed by atoms with Crippen LogP contribution in [0.4, 0.5) is 0 Å². The Morgan fingerprint density at radius 1 is 0.818 bits per heavy atom. The maximum atomic E-state index is 12.7. The zero-order valence-electron chi connectivity index (χ0n) is 18.7. The Morgan fingerprint density at radius 2 is 1.42 bits per heavy atom. The summed E-state index contributed by atoms with van der Waals surface area (Å²) in [5.74, 6) is -0.655. The lowest BCUT2D eigenvalue weighted by molar-refractivity contribution is 0.0729. The van der Waals surface area contributed by atoms with Gasteiger partial charge in [0.05, 0.1) is 23.8 Å². The molecule has 33 heavy (non-hydrogen) atoms. The number of carbonyl (C=O) groups excluding carboxylic acids is 1. The predicted octanol–water partition coefficient (Wildman–Crippen LogP) is 3.05. The predicted molar refractivity (Wildman–Crippen MR) is 122 cm³/mol. The summed E-state index contributed by atoms with van der Waals surface area (Å²) in [7, 11) is 1.46. The number of H-pyrrole nitrogens is 4. The molecule has 0 spiro atoms. The molecule has 2 aromatic heterocycles. The molecule has 0 fully saturated rings. The van der Waals surface area contributed by atoms with Gasteiger partial charge in [-0.25, -0.2) is 4.79 Å². The van der Waals surface area contributed by atoms with Crippen molar-refractivity contribution in [1.29, 1.82) is 0 Å². The number of aromatic amines is 4. The minimum absolute atomic E-state index is 0.229. The molecule has 4 rings (SSSR count). The molecule has 0 unspecified atom stereocenters. The number of aromatic nitrogens is 4. The van der Waals surface area contributed by atoms with Crippen LogP contribution < -0.4 is 20.6 Å². The van der Waals surface area contributed by atoms with E-state index in [-0.39, 0.29) is 16.9 Å². The first-order valence-electron chi connectivity index (χ1n) is 10.3. The number of benzene rings is 2. The third-order valence-electron chi connectivity index (χ3n) is 5.69. The molecule has 0 aliphatic rings. The van der Waals surface area contributed by atoms with E-state index in [0.717, 1.165) is 5.56 Å². The summed E-state index contributed by atoms with van der Waals surface area (Å²) in [6.07, 6.45) is 0. The van der Waals surface area contributed by atoms with E-state index in [2.05, 4.69) is 20.4 Å². The van der Waals surface area contributed by atoms with E-state index in [9.17, 15) is 14.4 Å². The summed E-state index contributed by atoms with van der Waals surface area (Å²) in [6.45, 7) is 5.34. The minimum atomic E-state index is -0.676. The van der Waals surface area contributed by atoms with Crippen LogP contribution in [0, 0.1) is 20.8 Å². The Bertz CT molecular complexity index is 1390. The van der Waals surface area contributed by atoms with Gasteiger partial charge in [0.2, 0.25) is 0 Å². The third-order valence-corrected chi connectivity index (χ3v) is 5.69. The Morgan fingerprint density at radius 3 is 1.94 bits per heavy atom. The van der Waals surface area contributed by atoms with Crippen LogP contribution in [-0.4, -0.2) is 33.5 Å². The normalized spacial score (nSPS) is 11.1. The minimum Gasteiger partial charge on any atom is -0.493 e. The highest BCUT2D eigenvalue weighted by Gasteiger charge is 2.29. The molecule has 0 bridgehead atoms. The first-order valence-corrected chi connectivity index (χ1v) is 10.3. The molecule has 4 N–H and O–H groups in total. The zero-order chi connectivity index (χ0) is 23.7. The maximum Gasteiger partial charge on any atom is 0.343 e. The van der Waals surface area contributed by atoms with Gasteiger partial charge in [0.25, 0.3) is 11.1 Å². The molecule has 2 heterocycles. The van der Waals surface area contributed by atoms with Crippen molar-refractivity contribution in [2.75, 3.05) is 7.11 Å². The van der Waals surface area contributed by atoms with Gasteiger partial charge in [0, 0.05) is 17.3 Å². The molecular formula is C24H24N4O5. The van der Waals surface area contributed by atoms with Crippen molar-refractivity contribution in [2.24, 2.45) is 0 Å². The van der Waals surface area contributed by atoms with Gasteiger partial charge in [-0.05, 0) is 50.1 Å². The second-order valence-electron chi connectivity index (χ2n) is 7.78. The van der Waals surface area contributed by atoms with E-state index in [0.29, 0.717) is 39.4 Å². The van der Waals surface area contributed by atoms with Crippen LogP contribution in [0.3, 0.4) is 0 Å². The highest BCUT2D eigenvalue weighted by atomic mass is 16.6. The first-order chi connectivity index (χ1) is 15.8. The van der Waals surface area contributed by atoms with E-state index in [1.165, 1.54) is 7.11 Å². The molecule has 0 saturated heterocycles. The number of hydrogen-bond acceptors (Lipinski definition) is 5. The maximum absolute atomic E-state index is 12.7. The number of methoxy groups -OCH3 is 1. The summed E-state index contributed by atoms with van der Waals surface area (Å²) in [4.78, 5) is 37.9. The average molecular weight is 448 g/mol. The summed E-state index contributed by atoms with van der Waals surface area (Å²) < 4.78 is 11.1. The fourth-order valence-electron chi connectivity index (χ4n) is 3.99. The molecule has 170 valence electrons. The van der Waals surface area contributed by atoms with Gasteiger partial charge in [-0.15, -0.1) is 0 Å². The quantitative estimate of drug-likeness (QED) is 0.266. The highest BCUT2D eigenvalue weighted by Crippen LogP contribution is 2.37. The van der Waals surface area contributed by atoms with Crippen molar-refractivity contribution in [3.8, 4) is 11.5 Å². The smallest absolute Gasteiger partial charge is 0.343 e. The van der Waals surface area contributed by atoms with Crippen LogP contribution in [0.2, 0.25) is 0 Å². The van der Waals surface area contributed by atoms with Gasteiger partial charge < -0.3 is 19.7 Å². The number of rotatable bonds is 6. The van der Waals surface area contributed by atoms with Gasteiger partial charge in [-0.2, -0.15) is 0 Å². The van der Waals surface area contributed by atoms with Crippen molar-refractivity contribution < 1.29 is 14.3 Å². The Hall–Kier alpha value is -4.27. The lowest BCUT2D eigenvalue weighted by atomic mass is 9.85. The van der Waals surface area contributed by atoms with Crippen molar-refractivity contribution in [3.05, 3.63) is 102 Å². The van der Waals surface area contributed by atoms with Crippen molar-refractivity contribution in [3.63, 3.8) is 0 Å². The van der Waals surface area contributed by atoms with E-state index in [4.69, 9.17) is 9.47 Å². The molecule has 2 aromatic carbocycles. The SMILES string of the molecule is COc1cc(C(c2c(C)[nH][nH]c2=O)c2c(C)[nH][nH]c2=O)ccc1OC(=O)c1ccccc1C. The lowest BCUT2D eigenvalue weighted by Crippen LogP contribution is -2.20. The van der Waals surface area contributed by atoms with Crippen molar-refractivity contribution in [1.82, 2.24) is 20.4 Å². The fourth-order valence-corrected chi connectivity index (χ4v) is 3.99. The van der Waals surface area contributed by atoms with Gasteiger partial charge in [0.15, 0.2) is 11.5 Å². The lowest BCUT2D eigenvalue weighted by Gasteiger charge is -2.18. The van der Waals surface area contributed by atoms with Crippen molar-refractivity contribution in [2.45, 2.75) is 26.7 Å². The molecule has 9 nitrogen and oxygen atoms in total. The van der Waals surface area contributed by atoms with Gasteiger partial charge in [-0.1, -0.05) is 24.3 Å². The molecule has 0 amide bonds. The molecule has 4 aromatic rings. The Kier molecular flexibility index (Phi) is 5.78. The zero-order valence-corrected chi connectivity index (χ0v) is 18.7. The van der Waals surface area contributed by atoms with Gasteiger partial charge in [0.1, 0.15) is 0 Å². The summed E-state index contributed by atoms with van der Waals surface area (Å²) >= 11 is 0. The standard InChI is InChI=1S/C24H24N4O5/c1-12-7-5-6-8-16(12)24(31)33-17-10-9-15(11-18(17)32-4)21(19-13(2)25-27-22(19)29)20-14(3)26-28-23(20)30/h5-11,21H,1-4H3,(H2,25,27,29)(H2,26,28,30). The fraction of sp³-hybridized carbons (Fsp3) is 0.208. The number of esters is 1. The third kappa shape index (κ3) is 4.00. The largest absolute Gasteiger partial charge is 0.493 e. The van der Waals surface area contributed by atoms with E-state index in [1.54, 1.807) is 44.2 Å². The molecule has 9 heteroatoms. The van der Waals surface area contributed by atoms with Crippen molar-refractivity contribution >= 4 is 5.97 Å². The Labute approximate surface area is 188 Å². The van der Waals surface area contributed by atoms with Gasteiger partial charge in [-0.3, -0.25) is 19.8 Å². The number of nitrogens with one attached hydrogen (secondary N) is 4. The number of ether oxygens (including phenoxy) is 2. The Balaban J connectivity index is 1.80. The van der Waals surface area contributed by atoms with E-state index < -0.39 is 11.9 Å². The van der Waals surface area contributed by atoms with Crippen LogP contribution in [0.5, 0.6) is 11.5 Å². The summed E-state index contributed by atoms with van der Waals surface area (Å²) in [5, 5.41) is 10.8. The van der Waals surface area contributed by atoms with E-state index in [1.807, 2.05) is 19.1 Å². The van der Waals surface area contributed by atoms with E-state index >= 15 is 0 Å². The molecule has 0 atom stereocenters. The van der Waals surface area contributed by atoms with Crippen LogP contribution in [0.25, 0.3) is 0 Å². The monoisotopic (exact) mass is 448 g/mol. The van der Waals surface area contributed by atoms with Gasteiger partial charge >= 0.3 is 5.97 Å². The molecular weight excluding hydrogens is 424 g/mol. The molecule has 0 radical (unpaired) electrons. The number of hydrogen-bond donors (Lipinski definition) is 4. The highest BCUT2D eigenvalue weighted by molar-refractivity contribution is 5.92. The second-order valence-corrected chi connectivity index (χ2v) is 7.78. The molecule has 0 aliphatic heterocycles. The topological polar surface area (TPSA) is 133 Å². The van der Waals surface area contributed by atoms with Crippen LogP contribution in [0.15, 0.2) is 52.1 Å². The number of carbonyl (C=O) groups is 1. The summed E-state index contributed by atoms with van der Waals surface area (Å²) in [5.41, 5.74) is 3.26. The van der Waals surface area contributed by atoms with Crippen LogP contribution in [-0.2, 0) is 0 Å². The average Bonchev–Trinajstić information content (AvgIpc) is 3.31. The molecule has 0 aliphatic carbocycles. The first kappa shape index (κ1) is 21.9. The molecule has 0 saturated carbocycles. The summed E-state index contributed by atoms with van der Waals surface area (Å²) in [6, 6.07) is 12.1. The number of aryl methyl sites for hydroxylation is 3.